The largest absolute Gasteiger partial charge is 0.472 e. The van der Waals surface area contributed by atoms with Crippen molar-refractivity contribution in [3.05, 3.63) is 23.4 Å². The maximum absolute atomic E-state index is 5.87. The maximum atomic E-state index is 5.87. The molecule has 0 spiro atoms. The summed E-state index contributed by atoms with van der Waals surface area (Å²) in [6.45, 7) is 7.53. The van der Waals surface area contributed by atoms with Crippen molar-refractivity contribution in [2.24, 2.45) is 0 Å². The van der Waals surface area contributed by atoms with E-state index in [1.54, 1.807) is 0 Å². The molecular weight excluding hydrogens is 228 g/mol. The molecule has 100 valence electrons. The van der Waals surface area contributed by atoms with Gasteiger partial charge in [0.25, 0.3) is 0 Å². The Balaban J connectivity index is 2.06. The second-order valence-corrected chi connectivity index (χ2v) is 4.54. The number of hydrogen-bond donors (Lipinski definition) is 1. The molecule has 1 N–H and O–H groups in total. The molecule has 2 rings (SSSR count). The zero-order valence-electron chi connectivity index (χ0n) is 11.2. The van der Waals surface area contributed by atoms with Crippen molar-refractivity contribution < 1.29 is 9.47 Å². The van der Waals surface area contributed by atoms with Crippen LogP contribution in [0.1, 0.15) is 31.5 Å². The fourth-order valence-corrected chi connectivity index (χ4v) is 2.01. The van der Waals surface area contributed by atoms with Gasteiger partial charge in [0.1, 0.15) is 6.10 Å². The third-order valence-corrected chi connectivity index (χ3v) is 3.03. The summed E-state index contributed by atoms with van der Waals surface area (Å²) in [6, 6.07) is 4.17. The van der Waals surface area contributed by atoms with Crippen LogP contribution in [-0.2, 0) is 17.7 Å². The summed E-state index contributed by atoms with van der Waals surface area (Å²) in [5.74, 6) is 0.734. The first-order valence-corrected chi connectivity index (χ1v) is 6.76. The molecule has 0 radical (unpaired) electrons. The maximum Gasteiger partial charge on any atom is 0.214 e. The third-order valence-electron chi connectivity index (χ3n) is 3.03. The molecule has 1 atom stereocenters. The van der Waals surface area contributed by atoms with Crippen LogP contribution in [0.5, 0.6) is 5.88 Å². The van der Waals surface area contributed by atoms with Gasteiger partial charge < -0.3 is 14.8 Å². The van der Waals surface area contributed by atoms with Crippen molar-refractivity contribution in [1.29, 1.82) is 0 Å². The second-order valence-electron chi connectivity index (χ2n) is 4.54. The highest BCUT2D eigenvalue weighted by Gasteiger charge is 2.18. The van der Waals surface area contributed by atoms with E-state index in [-0.39, 0.29) is 6.10 Å². The first-order valence-electron chi connectivity index (χ1n) is 6.76. The third kappa shape index (κ3) is 3.68. The summed E-state index contributed by atoms with van der Waals surface area (Å²) in [5.41, 5.74) is 2.32. The van der Waals surface area contributed by atoms with Crippen LogP contribution in [0, 0.1) is 0 Å². The van der Waals surface area contributed by atoms with E-state index in [2.05, 4.69) is 30.2 Å². The van der Waals surface area contributed by atoms with Gasteiger partial charge >= 0.3 is 0 Å². The molecule has 0 aliphatic carbocycles. The standard InChI is InChI=1S/C14H22N2O2/c1-3-12-7-11(9-15-4-2)8-14(16-12)18-13-5-6-17-10-13/h7-8,13,15H,3-6,9-10H2,1-2H3. The van der Waals surface area contributed by atoms with Crippen LogP contribution in [0.2, 0.25) is 0 Å². The number of ether oxygens (including phenoxy) is 2. The fraction of sp³-hybridized carbons (Fsp3) is 0.643. The van der Waals surface area contributed by atoms with Crippen molar-refractivity contribution in [2.75, 3.05) is 19.8 Å². The Hall–Kier alpha value is -1.13. The van der Waals surface area contributed by atoms with Crippen LogP contribution in [0.4, 0.5) is 0 Å². The molecule has 1 aliphatic heterocycles. The summed E-state index contributed by atoms with van der Waals surface area (Å²) >= 11 is 0. The Morgan fingerprint density at radius 3 is 3.00 bits per heavy atom. The first kappa shape index (κ1) is 13.3. The molecule has 0 aromatic carbocycles. The van der Waals surface area contributed by atoms with Crippen LogP contribution in [-0.4, -0.2) is 30.8 Å². The molecule has 2 heterocycles. The minimum Gasteiger partial charge on any atom is -0.472 e. The van der Waals surface area contributed by atoms with Crippen molar-refractivity contribution in [3.8, 4) is 5.88 Å². The molecule has 1 unspecified atom stereocenters. The molecule has 1 aromatic heterocycles. The molecule has 18 heavy (non-hydrogen) atoms. The molecule has 4 nitrogen and oxygen atoms in total. The average Bonchev–Trinajstić information content (AvgIpc) is 2.89. The summed E-state index contributed by atoms with van der Waals surface area (Å²) < 4.78 is 11.2. The molecule has 1 fully saturated rings. The van der Waals surface area contributed by atoms with Gasteiger partial charge in [-0.05, 0) is 24.6 Å². The van der Waals surface area contributed by atoms with E-state index in [9.17, 15) is 0 Å². The number of nitrogens with one attached hydrogen (secondary N) is 1. The second kappa shape index (κ2) is 6.71. The van der Waals surface area contributed by atoms with Crippen molar-refractivity contribution in [1.82, 2.24) is 10.3 Å². The van der Waals surface area contributed by atoms with E-state index in [4.69, 9.17) is 9.47 Å². The van der Waals surface area contributed by atoms with Crippen LogP contribution in [0.15, 0.2) is 12.1 Å². The Labute approximate surface area is 109 Å². The highest BCUT2D eigenvalue weighted by atomic mass is 16.5. The van der Waals surface area contributed by atoms with Gasteiger partial charge in [-0.3, -0.25) is 0 Å². The molecule has 0 bridgehead atoms. The minimum absolute atomic E-state index is 0.164. The zero-order valence-corrected chi connectivity index (χ0v) is 11.2. The monoisotopic (exact) mass is 250 g/mol. The molecule has 1 saturated heterocycles. The van der Waals surface area contributed by atoms with E-state index in [1.165, 1.54) is 5.56 Å². The van der Waals surface area contributed by atoms with Crippen LogP contribution < -0.4 is 10.1 Å². The van der Waals surface area contributed by atoms with Crippen molar-refractivity contribution in [3.63, 3.8) is 0 Å². The molecular formula is C14H22N2O2. The lowest BCUT2D eigenvalue weighted by Gasteiger charge is -2.13. The Morgan fingerprint density at radius 1 is 1.44 bits per heavy atom. The topological polar surface area (TPSA) is 43.4 Å². The van der Waals surface area contributed by atoms with Gasteiger partial charge in [0.15, 0.2) is 0 Å². The summed E-state index contributed by atoms with van der Waals surface area (Å²) in [5, 5.41) is 3.33. The van der Waals surface area contributed by atoms with Crippen molar-refractivity contribution >= 4 is 0 Å². The van der Waals surface area contributed by atoms with Crippen LogP contribution >= 0.6 is 0 Å². The molecule has 0 amide bonds. The predicted octanol–water partition coefficient (Wildman–Crippen LogP) is 1.92. The number of hydrogen-bond acceptors (Lipinski definition) is 4. The molecule has 4 heteroatoms. The van der Waals surface area contributed by atoms with E-state index < -0.39 is 0 Å². The lowest BCUT2D eigenvalue weighted by Crippen LogP contribution is -2.17. The molecule has 1 aliphatic rings. The Bertz CT molecular complexity index is 376. The van der Waals surface area contributed by atoms with Crippen LogP contribution in [0.3, 0.4) is 0 Å². The molecule has 0 saturated carbocycles. The highest BCUT2D eigenvalue weighted by molar-refractivity contribution is 5.25. The Kier molecular flexibility index (Phi) is 4.96. The van der Waals surface area contributed by atoms with E-state index in [0.29, 0.717) is 6.61 Å². The predicted molar refractivity (Wildman–Crippen MR) is 70.8 cm³/mol. The quantitative estimate of drug-likeness (QED) is 0.837. The van der Waals surface area contributed by atoms with Gasteiger partial charge in [-0.2, -0.15) is 0 Å². The lowest BCUT2D eigenvalue weighted by molar-refractivity contribution is 0.138. The normalized spacial score (nSPS) is 19.1. The summed E-state index contributed by atoms with van der Waals surface area (Å²) in [7, 11) is 0. The number of aromatic nitrogens is 1. The fourth-order valence-electron chi connectivity index (χ4n) is 2.01. The SMILES string of the molecule is CCNCc1cc(CC)nc(OC2CCOC2)c1. The van der Waals surface area contributed by atoms with E-state index in [0.717, 1.165) is 44.1 Å². The average molecular weight is 250 g/mol. The van der Waals surface area contributed by atoms with Gasteiger partial charge in [-0.15, -0.1) is 0 Å². The summed E-state index contributed by atoms with van der Waals surface area (Å²) in [6.07, 6.45) is 2.05. The number of pyridine rings is 1. The smallest absolute Gasteiger partial charge is 0.214 e. The highest BCUT2D eigenvalue weighted by Crippen LogP contribution is 2.18. The number of aryl methyl sites for hydroxylation is 1. The van der Waals surface area contributed by atoms with Gasteiger partial charge in [0, 0.05) is 24.7 Å². The minimum atomic E-state index is 0.164. The van der Waals surface area contributed by atoms with Gasteiger partial charge in [0.05, 0.1) is 13.2 Å². The number of nitrogens with zero attached hydrogens (tertiary/aromatic N) is 1. The lowest BCUT2D eigenvalue weighted by atomic mass is 10.2. The molecule has 1 aromatic rings. The van der Waals surface area contributed by atoms with Gasteiger partial charge in [-0.25, -0.2) is 4.98 Å². The Morgan fingerprint density at radius 2 is 2.33 bits per heavy atom. The zero-order chi connectivity index (χ0) is 12.8. The van der Waals surface area contributed by atoms with Gasteiger partial charge in [0.2, 0.25) is 5.88 Å². The van der Waals surface area contributed by atoms with E-state index in [1.807, 2.05) is 6.07 Å². The van der Waals surface area contributed by atoms with E-state index >= 15 is 0 Å². The van der Waals surface area contributed by atoms with Gasteiger partial charge in [-0.1, -0.05) is 13.8 Å². The summed E-state index contributed by atoms with van der Waals surface area (Å²) in [4.78, 5) is 4.52. The van der Waals surface area contributed by atoms with Crippen LogP contribution in [0.25, 0.3) is 0 Å². The number of rotatable bonds is 6. The first-order chi connectivity index (χ1) is 8.81. The van der Waals surface area contributed by atoms with Crippen molar-refractivity contribution in [2.45, 2.75) is 39.3 Å².